The van der Waals surface area contributed by atoms with Crippen LogP contribution in [0.25, 0.3) is 5.69 Å². The lowest BCUT2D eigenvalue weighted by molar-refractivity contribution is 0.0855. The third-order valence-corrected chi connectivity index (χ3v) is 7.05. The summed E-state index contributed by atoms with van der Waals surface area (Å²) in [5, 5.41) is 0. The maximum atomic E-state index is 14.4. The van der Waals surface area contributed by atoms with E-state index in [4.69, 9.17) is 4.74 Å². The van der Waals surface area contributed by atoms with E-state index in [1.807, 2.05) is 24.5 Å². The first-order valence-corrected chi connectivity index (χ1v) is 11.5. The molecule has 2 aliphatic heterocycles. The van der Waals surface area contributed by atoms with Gasteiger partial charge >= 0.3 is 0 Å². The van der Waals surface area contributed by atoms with E-state index < -0.39 is 0 Å². The van der Waals surface area contributed by atoms with Gasteiger partial charge in [-0.3, -0.25) is 14.8 Å². The maximum absolute atomic E-state index is 14.4. The monoisotopic (exact) mass is 434 g/mol. The number of pyridine rings is 1. The number of ether oxygens (including phenoxy) is 1. The van der Waals surface area contributed by atoms with Gasteiger partial charge in [0.05, 0.1) is 19.0 Å². The molecule has 0 bridgehead atoms. The van der Waals surface area contributed by atoms with Crippen LogP contribution in [0.1, 0.15) is 30.5 Å². The van der Waals surface area contributed by atoms with Gasteiger partial charge in [0.1, 0.15) is 11.6 Å². The fourth-order valence-corrected chi connectivity index (χ4v) is 5.50. The minimum Gasteiger partial charge on any atom is -0.497 e. The van der Waals surface area contributed by atoms with Crippen LogP contribution in [0.3, 0.4) is 0 Å². The molecule has 1 unspecified atom stereocenters. The van der Waals surface area contributed by atoms with Crippen LogP contribution in [0.15, 0.2) is 61.1 Å². The van der Waals surface area contributed by atoms with E-state index in [9.17, 15) is 4.39 Å². The summed E-state index contributed by atoms with van der Waals surface area (Å²) in [6.07, 6.45) is 9.46. The molecule has 2 aromatic heterocycles. The molecule has 2 fully saturated rings. The summed E-state index contributed by atoms with van der Waals surface area (Å²) < 4.78 is 21.9. The van der Waals surface area contributed by atoms with Crippen LogP contribution >= 0.6 is 0 Å². The molecule has 0 amide bonds. The second kappa shape index (κ2) is 9.04. The van der Waals surface area contributed by atoms with Crippen molar-refractivity contribution in [3.8, 4) is 11.4 Å². The molecular weight excluding hydrogens is 403 g/mol. The molecule has 1 aromatic carbocycles. The standard InChI is InChI=1S/C26H31FN4O/c1-32-24-7-8-25(27)21(15-24)17-29-12-4-9-26(19-29)10-14-30(20-26)18-23-6-3-13-31(23)22-5-2-11-28-16-22/h2-3,5-8,11,13,15-16H,4,9-10,12,14,17-20H2,1H3. The maximum Gasteiger partial charge on any atom is 0.127 e. The van der Waals surface area contributed by atoms with Crippen molar-refractivity contribution in [1.29, 1.82) is 0 Å². The average molecular weight is 435 g/mol. The molecule has 0 saturated carbocycles. The largest absolute Gasteiger partial charge is 0.497 e. The summed E-state index contributed by atoms with van der Waals surface area (Å²) in [6, 6.07) is 13.4. The van der Waals surface area contributed by atoms with Crippen LogP contribution in [0.2, 0.25) is 0 Å². The Morgan fingerprint density at radius 1 is 1.03 bits per heavy atom. The number of benzene rings is 1. The van der Waals surface area contributed by atoms with Crippen molar-refractivity contribution >= 4 is 0 Å². The number of hydrogen-bond donors (Lipinski definition) is 0. The molecule has 5 nitrogen and oxygen atoms in total. The van der Waals surface area contributed by atoms with Gasteiger partial charge in [0, 0.05) is 49.8 Å². The number of aromatic nitrogens is 2. The third kappa shape index (κ3) is 4.43. The first kappa shape index (κ1) is 21.2. The number of rotatable bonds is 6. The molecule has 6 heteroatoms. The summed E-state index contributed by atoms with van der Waals surface area (Å²) in [7, 11) is 1.63. The van der Waals surface area contributed by atoms with Gasteiger partial charge in [-0.2, -0.15) is 0 Å². The summed E-state index contributed by atoms with van der Waals surface area (Å²) >= 11 is 0. The Labute approximate surface area is 189 Å². The molecular formula is C26H31FN4O. The second-order valence-electron chi connectivity index (χ2n) is 9.31. The normalized spacial score (nSPS) is 21.9. The number of halogens is 1. The molecule has 1 atom stereocenters. The molecule has 32 heavy (non-hydrogen) atoms. The zero-order chi connectivity index (χ0) is 22.0. The summed E-state index contributed by atoms with van der Waals surface area (Å²) in [4.78, 5) is 9.28. The van der Waals surface area contributed by atoms with E-state index in [1.165, 1.54) is 31.0 Å². The molecule has 2 aliphatic rings. The van der Waals surface area contributed by atoms with Crippen molar-refractivity contribution in [3.63, 3.8) is 0 Å². The highest BCUT2D eigenvalue weighted by Crippen LogP contribution is 2.40. The van der Waals surface area contributed by atoms with E-state index in [0.717, 1.165) is 49.7 Å². The van der Waals surface area contributed by atoms with E-state index in [0.29, 0.717) is 12.0 Å². The number of likely N-dealkylation sites (tertiary alicyclic amines) is 2. The minimum atomic E-state index is -0.144. The lowest BCUT2D eigenvalue weighted by Gasteiger charge is -2.40. The number of hydrogen-bond acceptors (Lipinski definition) is 4. The summed E-state index contributed by atoms with van der Waals surface area (Å²) in [5.41, 5.74) is 3.43. The van der Waals surface area contributed by atoms with E-state index in [1.54, 1.807) is 13.2 Å². The van der Waals surface area contributed by atoms with Crippen molar-refractivity contribution in [1.82, 2.24) is 19.4 Å². The minimum absolute atomic E-state index is 0.144. The smallest absolute Gasteiger partial charge is 0.127 e. The highest BCUT2D eigenvalue weighted by Gasteiger charge is 2.41. The highest BCUT2D eigenvalue weighted by molar-refractivity contribution is 5.32. The lowest BCUT2D eigenvalue weighted by atomic mass is 9.79. The molecule has 0 radical (unpaired) electrons. The van der Waals surface area contributed by atoms with Gasteiger partial charge in [-0.25, -0.2) is 4.39 Å². The van der Waals surface area contributed by atoms with Crippen molar-refractivity contribution < 1.29 is 9.13 Å². The Bertz CT molecular complexity index is 1050. The number of nitrogens with zero attached hydrogens (tertiary/aromatic N) is 4. The Hall–Kier alpha value is -2.70. The van der Waals surface area contributed by atoms with Crippen LogP contribution < -0.4 is 4.74 Å². The number of piperidine rings is 1. The van der Waals surface area contributed by atoms with Crippen LogP contribution in [0.5, 0.6) is 5.75 Å². The predicted molar refractivity (Wildman–Crippen MR) is 123 cm³/mol. The summed E-state index contributed by atoms with van der Waals surface area (Å²) in [6.45, 7) is 5.86. The molecule has 0 aliphatic carbocycles. The lowest BCUT2D eigenvalue weighted by Crippen LogP contribution is -2.44. The van der Waals surface area contributed by atoms with Gasteiger partial charge in [0.25, 0.3) is 0 Å². The Morgan fingerprint density at radius 2 is 1.91 bits per heavy atom. The number of methoxy groups -OCH3 is 1. The van der Waals surface area contributed by atoms with Crippen molar-refractivity contribution in [3.05, 3.63) is 78.1 Å². The van der Waals surface area contributed by atoms with Gasteiger partial charge in [-0.05, 0) is 80.2 Å². The van der Waals surface area contributed by atoms with Crippen molar-refractivity contribution in [2.75, 3.05) is 33.3 Å². The molecule has 2 saturated heterocycles. The van der Waals surface area contributed by atoms with Gasteiger partial charge in [0.15, 0.2) is 0 Å². The Morgan fingerprint density at radius 3 is 2.72 bits per heavy atom. The fourth-order valence-electron chi connectivity index (χ4n) is 5.50. The van der Waals surface area contributed by atoms with E-state index in [2.05, 4.69) is 43.7 Å². The van der Waals surface area contributed by atoms with Gasteiger partial charge in [-0.15, -0.1) is 0 Å². The topological polar surface area (TPSA) is 33.5 Å². The zero-order valence-electron chi connectivity index (χ0n) is 18.7. The van der Waals surface area contributed by atoms with Crippen molar-refractivity contribution in [2.45, 2.75) is 32.4 Å². The van der Waals surface area contributed by atoms with Crippen molar-refractivity contribution in [2.24, 2.45) is 5.41 Å². The van der Waals surface area contributed by atoms with Crippen LogP contribution in [-0.2, 0) is 13.1 Å². The molecule has 0 N–H and O–H groups in total. The van der Waals surface area contributed by atoms with Crippen LogP contribution in [0, 0.1) is 11.2 Å². The SMILES string of the molecule is COc1ccc(F)c(CN2CCCC3(CCN(Cc4cccn4-c4cccnc4)C3)C2)c1. The molecule has 3 aromatic rings. The van der Waals surface area contributed by atoms with Crippen LogP contribution in [0.4, 0.5) is 4.39 Å². The van der Waals surface area contributed by atoms with E-state index in [-0.39, 0.29) is 5.82 Å². The van der Waals surface area contributed by atoms with Gasteiger partial charge < -0.3 is 9.30 Å². The summed E-state index contributed by atoms with van der Waals surface area (Å²) in [5.74, 6) is 0.575. The highest BCUT2D eigenvalue weighted by atomic mass is 19.1. The average Bonchev–Trinajstić information content (AvgIpc) is 3.43. The third-order valence-electron chi connectivity index (χ3n) is 7.05. The first-order chi connectivity index (χ1) is 15.6. The molecule has 5 rings (SSSR count). The molecule has 1 spiro atoms. The molecule has 168 valence electrons. The second-order valence-corrected chi connectivity index (χ2v) is 9.31. The Balaban J connectivity index is 1.24. The zero-order valence-corrected chi connectivity index (χ0v) is 18.7. The van der Waals surface area contributed by atoms with E-state index >= 15 is 0 Å². The Kier molecular flexibility index (Phi) is 5.98. The molecule has 4 heterocycles. The van der Waals surface area contributed by atoms with Crippen LogP contribution in [-0.4, -0.2) is 52.6 Å². The first-order valence-electron chi connectivity index (χ1n) is 11.5. The fraction of sp³-hybridized carbons (Fsp3) is 0.423. The predicted octanol–water partition coefficient (Wildman–Crippen LogP) is 4.51. The quantitative estimate of drug-likeness (QED) is 0.572. The van der Waals surface area contributed by atoms with Gasteiger partial charge in [0.2, 0.25) is 0 Å². The van der Waals surface area contributed by atoms with Gasteiger partial charge in [-0.1, -0.05) is 0 Å².